The van der Waals surface area contributed by atoms with Crippen molar-refractivity contribution in [3.8, 4) is 0 Å². The minimum Gasteiger partial charge on any atom is -0.383 e. The molecule has 0 saturated heterocycles. The smallest absolute Gasteiger partial charge is 0.138 e. The molecule has 0 fully saturated rings. The van der Waals surface area contributed by atoms with Crippen molar-refractivity contribution >= 4 is 11.5 Å². The highest BCUT2D eigenvalue weighted by molar-refractivity contribution is 5.52. The summed E-state index contributed by atoms with van der Waals surface area (Å²) in [5.41, 5.74) is 7.75. The number of fused-ring (bicyclic) bond motifs is 1. The predicted molar refractivity (Wildman–Crippen MR) is 49.0 cm³/mol. The summed E-state index contributed by atoms with van der Waals surface area (Å²) >= 11 is 0. The Bertz CT molecular complexity index is 403. The standard InChI is InChI=1S/C9H11N3/c1-2-7-9(10)12-6-4-3-5-8(12)11-7/h3-6H,2,10H2,1H3. The predicted octanol–water partition coefficient (Wildman–Crippen LogP) is 1.48. The number of anilines is 1. The van der Waals surface area contributed by atoms with E-state index in [0.29, 0.717) is 0 Å². The van der Waals surface area contributed by atoms with Gasteiger partial charge in [-0.2, -0.15) is 0 Å². The van der Waals surface area contributed by atoms with Crippen LogP contribution in [0.2, 0.25) is 0 Å². The van der Waals surface area contributed by atoms with Gasteiger partial charge in [-0.15, -0.1) is 0 Å². The third-order valence-corrected chi connectivity index (χ3v) is 1.98. The van der Waals surface area contributed by atoms with Crippen LogP contribution in [0.4, 0.5) is 5.82 Å². The van der Waals surface area contributed by atoms with Crippen LogP contribution >= 0.6 is 0 Å². The SMILES string of the molecule is CCc1nc2ccccn2c1N. The Morgan fingerprint density at radius 1 is 1.50 bits per heavy atom. The van der Waals surface area contributed by atoms with E-state index < -0.39 is 0 Å². The zero-order valence-electron chi connectivity index (χ0n) is 6.99. The molecule has 0 aromatic carbocycles. The number of nitrogens with zero attached hydrogens (tertiary/aromatic N) is 2. The molecule has 0 amide bonds. The quantitative estimate of drug-likeness (QED) is 0.688. The van der Waals surface area contributed by atoms with Crippen LogP contribution in [0.3, 0.4) is 0 Å². The van der Waals surface area contributed by atoms with Crippen LogP contribution in [-0.2, 0) is 6.42 Å². The second kappa shape index (κ2) is 2.52. The number of pyridine rings is 1. The van der Waals surface area contributed by atoms with Crippen LogP contribution in [0.25, 0.3) is 5.65 Å². The van der Waals surface area contributed by atoms with Crippen LogP contribution in [0.1, 0.15) is 12.6 Å². The normalized spacial score (nSPS) is 10.8. The van der Waals surface area contributed by atoms with Gasteiger partial charge in [0.05, 0.1) is 5.69 Å². The van der Waals surface area contributed by atoms with E-state index in [-0.39, 0.29) is 0 Å². The van der Waals surface area contributed by atoms with E-state index in [1.165, 1.54) is 0 Å². The number of rotatable bonds is 1. The van der Waals surface area contributed by atoms with Crippen LogP contribution < -0.4 is 5.73 Å². The average molecular weight is 161 g/mol. The molecule has 0 unspecified atom stereocenters. The van der Waals surface area contributed by atoms with Crippen LogP contribution in [0.15, 0.2) is 24.4 Å². The fraction of sp³-hybridized carbons (Fsp3) is 0.222. The van der Waals surface area contributed by atoms with E-state index in [4.69, 9.17) is 5.73 Å². The van der Waals surface area contributed by atoms with Crippen molar-refractivity contribution in [2.45, 2.75) is 13.3 Å². The van der Waals surface area contributed by atoms with Gasteiger partial charge in [-0.3, -0.25) is 4.40 Å². The minimum absolute atomic E-state index is 0.758. The van der Waals surface area contributed by atoms with E-state index in [9.17, 15) is 0 Å². The van der Waals surface area contributed by atoms with Gasteiger partial charge in [-0.1, -0.05) is 13.0 Å². The summed E-state index contributed by atoms with van der Waals surface area (Å²) in [6.07, 6.45) is 2.81. The first-order valence-corrected chi connectivity index (χ1v) is 4.04. The Kier molecular flexibility index (Phi) is 1.50. The first-order chi connectivity index (χ1) is 5.83. The Hall–Kier alpha value is -1.51. The molecular formula is C9H11N3. The zero-order chi connectivity index (χ0) is 8.55. The Balaban J connectivity index is 2.78. The lowest BCUT2D eigenvalue weighted by Crippen LogP contribution is -1.94. The lowest BCUT2D eigenvalue weighted by atomic mass is 10.3. The van der Waals surface area contributed by atoms with Crippen molar-refractivity contribution in [1.29, 1.82) is 0 Å². The van der Waals surface area contributed by atoms with Crippen molar-refractivity contribution in [3.63, 3.8) is 0 Å². The maximum absolute atomic E-state index is 5.85. The molecule has 3 heteroatoms. The lowest BCUT2D eigenvalue weighted by molar-refractivity contribution is 1.07. The van der Waals surface area contributed by atoms with E-state index in [1.807, 2.05) is 28.8 Å². The van der Waals surface area contributed by atoms with Gasteiger partial charge < -0.3 is 5.73 Å². The molecule has 0 spiro atoms. The second-order valence-electron chi connectivity index (χ2n) is 2.73. The van der Waals surface area contributed by atoms with Crippen molar-refractivity contribution in [2.75, 3.05) is 5.73 Å². The fourth-order valence-corrected chi connectivity index (χ4v) is 1.32. The molecule has 2 N–H and O–H groups in total. The van der Waals surface area contributed by atoms with Crippen LogP contribution in [0.5, 0.6) is 0 Å². The molecule has 0 bridgehead atoms. The van der Waals surface area contributed by atoms with Gasteiger partial charge in [0.2, 0.25) is 0 Å². The molecular weight excluding hydrogens is 150 g/mol. The highest BCUT2D eigenvalue weighted by atomic mass is 15.1. The molecule has 0 atom stereocenters. The Morgan fingerprint density at radius 2 is 2.33 bits per heavy atom. The number of hydrogen-bond acceptors (Lipinski definition) is 2. The first kappa shape index (κ1) is 7.16. The van der Waals surface area contributed by atoms with Crippen molar-refractivity contribution < 1.29 is 0 Å². The topological polar surface area (TPSA) is 43.3 Å². The lowest BCUT2D eigenvalue weighted by Gasteiger charge is -1.94. The molecule has 3 nitrogen and oxygen atoms in total. The summed E-state index contributed by atoms with van der Waals surface area (Å²) in [6, 6.07) is 5.86. The second-order valence-corrected chi connectivity index (χ2v) is 2.73. The maximum Gasteiger partial charge on any atom is 0.138 e. The summed E-state index contributed by atoms with van der Waals surface area (Å²) in [5, 5.41) is 0. The van der Waals surface area contributed by atoms with Gasteiger partial charge in [0, 0.05) is 6.20 Å². The molecule has 12 heavy (non-hydrogen) atoms. The molecule has 0 saturated carbocycles. The largest absolute Gasteiger partial charge is 0.383 e. The zero-order valence-corrected chi connectivity index (χ0v) is 6.99. The van der Waals surface area contributed by atoms with Gasteiger partial charge >= 0.3 is 0 Å². The molecule has 0 aliphatic heterocycles. The van der Waals surface area contributed by atoms with Crippen LogP contribution in [-0.4, -0.2) is 9.38 Å². The van der Waals surface area contributed by atoms with Gasteiger partial charge in [0.1, 0.15) is 11.5 Å². The fourth-order valence-electron chi connectivity index (χ4n) is 1.32. The van der Waals surface area contributed by atoms with Gasteiger partial charge in [0.25, 0.3) is 0 Å². The third-order valence-electron chi connectivity index (χ3n) is 1.98. The molecule has 0 aliphatic carbocycles. The van der Waals surface area contributed by atoms with Gasteiger partial charge in [-0.05, 0) is 18.6 Å². The highest BCUT2D eigenvalue weighted by Gasteiger charge is 2.04. The molecule has 0 radical (unpaired) electrons. The number of aryl methyl sites for hydroxylation is 1. The number of aromatic nitrogens is 2. The van der Waals surface area contributed by atoms with E-state index in [2.05, 4.69) is 11.9 Å². The van der Waals surface area contributed by atoms with Crippen molar-refractivity contribution in [3.05, 3.63) is 30.1 Å². The number of imidazole rings is 1. The molecule has 2 aromatic heterocycles. The average Bonchev–Trinajstić information content (AvgIpc) is 2.44. The van der Waals surface area contributed by atoms with E-state index >= 15 is 0 Å². The molecule has 62 valence electrons. The van der Waals surface area contributed by atoms with Gasteiger partial charge in [-0.25, -0.2) is 4.98 Å². The van der Waals surface area contributed by atoms with Crippen molar-refractivity contribution in [1.82, 2.24) is 9.38 Å². The summed E-state index contributed by atoms with van der Waals surface area (Å²) in [7, 11) is 0. The highest BCUT2D eigenvalue weighted by Crippen LogP contribution is 2.14. The number of nitrogens with two attached hydrogens (primary N) is 1. The first-order valence-electron chi connectivity index (χ1n) is 4.04. The van der Waals surface area contributed by atoms with Gasteiger partial charge in [0.15, 0.2) is 0 Å². The third kappa shape index (κ3) is 0.863. The minimum atomic E-state index is 0.758. The Labute approximate surface area is 70.8 Å². The summed E-state index contributed by atoms with van der Waals surface area (Å²) in [4.78, 5) is 4.37. The number of nitrogen functional groups attached to an aromatic ring is 1. The molecule has 2 aromatic rings. The van der Waals surface area contributed by atoms with E-state index in [1.54, 1.807) is 0 Å². The number of hydrogen-bond donors (Lipinski definition) is 1. The Morgan fingerprint density at radius 3 is 3.00 bits per heavy atom. The summed E-state index contributed by atoms with van der Waals surface area (Å²) < 4.78 is 1.90. The van der Waals surface area contributed by atoms with Crippen molar-refractivity contribution in [2.24, 2.45) is 0 Å². The molecule has 0 aliphatic rings. The maximum atomic E-state index is 5.85. The van der Waals surface area contributed by atoms with Crippen LogP contribution in [0, 0.1) is 0 Å². The van der Waals surface area contributed by atoms with E-state index in [0.717, 1.165) is 23.6 Å². The summed E-state index contributed by atoms with van der Waals surface area (Å²) in [6.45, 7) is 2.05. The molecule has 2 rings (SSSR count). The monoisotopic (exact) mass is 161 g/mol. The molecule has 2 heterocycles. The summed E-state index contributed by atoms with van der Waals surface area (Å²) in [5.74, 6) is 0.758.